The van der Waals surface area contributed by atoms with E-state index in [9.17, 15) is 5.11 Å². The van der Waals surface area contributed by atoms with Crippen LogP contribution >= 0.6 is 0 Å². The van der Waals surface area contributed by atoms with E-state index in [1.165, 1.54) is 56.7 Å². The number of furan rings is 1. The van der Waals surface area contributed by atoms with Gasteiger partial charge in [-0.25, -0.2) is 0 Å². The van der Waals surface area contributed by atoms with E-state index in [2.05, 4.69) is 34.6 Å². The van der Waals surface area contributed by atoms with Crippen molar-refractivity contribution in [2.45, 2.75) is 116 Å². The lowest BCUT2D eigenvalue weighted by atomic mass is 9.61. The van der Waals surface area contributed by atoms with E-state index in [0.717, 1.165) is 35.6 Å². The van der Waals surface area contributed by atoms with Crippen molar-refractivity contribution in [2.24, 2.45) is 23.2 Å². The van der Waals surface area contributed by atoms with Crippen LogP contribution in [0.5, 0.6) is 0 Å². The van der Waals surface area contributed by atoms with Gasteiger partial charge in [-0.2, -0.15) is 0 Å². The molecule has 1 aromatic carbocycles. The molecule has 2 unspecified atom stereocenters. The summed E-state index contributed by atoms with van der Waals surface area (Å²) in [5, 5.41) is 11.8. The van der Waals surface area contributed by atoms with E-state index >= 15 is 0 Å². The fourth-order valence-corrected chi connectivity index (χ4v) is 10.6. The molecule has 34 heavy (non-hydrogen) atoms. The number of benzene rings is 1. The summed E-state index contributed by atoms with van der Waals surface area (Å²) in [6.07, 6.45) is 9.68. The molecular weight excluding hydrogens is 436 g/mol. The van der Waals surface area contributed by atoms with Gasteiger partial charge in [-0.05, 0) is 85.5 Å². The van der Waals surface area contributed by atoms with Crippen LogP contribution < -0.4 is 0 Å². The van der Waals surface area contributed by atoms with E-state index in [1.54, 1.807) is 0 Å². The van der Waals surface area contributed by atoms with Crippen molar-refractivity contribution in [1.29, 1.82) is 0 Å². The molecule has 2 aliphatic rings. The zero-order chi connectivity index (χ0) is 24.3. The molecule has 0 saturated heterocycles. The van der Waals surface area contributed by atoms with Crippen LogP contribution in [0.3, 0.4) is 0 Å². The van der Waals surface area contributed by atoms with Crippen LogP contribution in [0.4, 0.5) is 0 Å². The Kier molecular flexibility index (Phi) is 8.31. The first-order valence-corrected chi connectivity index (χ1v) is 16.7. The first kappa shape index (κ1) is 26.0. The van der Waals surface area contributed by atoms with Crippen molar-refractivity contribution in [3.05, 3.63) is 36.1 Å². The second-order valence-electron chi connectivity index (χ2n) is 11.7. The number of aliphatic hydroxyl groups is 1. The summed E-state index contributed by atoms with van der Waals surface area (Å²) in [6.45, 7) is 12.2. The summed E-state index contributed by atoms with van der Waals surface area (Å²) in [5.41, 5.74) is 1.29. The Balaban J connectivity index is 1.34. The van der Waals surface area contributed by atoms with Crippen LogP contribution in [-0.2, 0) is 4.43 Å². The van der Waals surface area contributed by atoms with Crippen molar-refractivity contribution >= 4 is 19.3 Å². The molecule has 1 aromatic heterocycles. The van der Waals surface area contributed by atoms with Gasteiger partial charge in [-0.1, -0.05) is 72.1 Å². The van der Waals surface area contributed by atoms with Crippen molar-refractivity contribution in [3.8, 4) is 0 Å². The van der Waals surface area contributed by atoms with Gasteiger partial charge in [0, 0.05) is 11.5 Å². The molecule has 0 radical (unpaired) electrons. The first-order chi connectivity index (χ1) is 16.4. The Morgan fingerprint density at radius 1 is 1.09 bits per heavy atom. The summed E-state index contributed by atoms with van der Waals surface area (Å²) in [5.74, 6) is 2.94. The van der Waals surface area contributed by atoms with Gasteiger partial charge in [0.25, 0.3) is 0 Å². The van der Waals surface area contributed by atoms with Gasteiger partial charge in [0.15, 0.2) is 8.32 Å². The fraction of sp³-hybridized carbons (Fsp3) is 0.733. The molecule has 3 nitrogen and oxygen atoms in total. The third-order valence-electron chi connectivity index (χ3n) is 10.1. The molecule has 2 saturated carbocycles. The second kappa shape index (κ2) is 10.9. The average Bonchev–Trinajstić information content (AvgIpc) is 3.44. The van der Waals surface area contributed by atoms with Crippen LogP contribution in [0.2, 0.25) is 18.1 Å². The van der Waals surface area contributed by atoms with Crippen molar-refractivity contribution in [1.82, 2.24) is 0 Å². The standard InChI is InChI=1S/C30H48O3Si/c1-6-34(7-2,8-3)33-28-17-12-20-30(5)24(18-19-25(28)30)22(4)13-11-15-26(31)29-21-23-14-9-10-16-27(23)32-29/h9-10,14,16,21-22,24-26,28,31H,6-8,11-13,15,17-20H2,1-5H3/t22-,24-,25+,26?,28?,30-/m1/s1. The number of hydrogen-bond acceptors (Lipinski definition) is 3. The van der Waals surface area contributed by atoms with Gasteiger partial charge in [0.05, 0.1) is 0 Å². The van der Waals surface area contributed by atoms with Crippen molar-refractivity contribution < 1.29 is 13.9 Å². The number of fused-ring (bicyclic) bond motifs is 2. The lowest BCUT2D eigenvalue weighted by Gasteiger charge is -2.49. The third kappa shape index (κ3) is 5.06. The zero-order valence-corrected chi connectivity index (χ0v) is 23.3. The minimum atomic E-state index is -1.56. The molecule has 2 aromatic rings. The normalized spacial score (nSPS) is 29.3. The largest absolute Gasteiger partial charge is 0.458 e. The third-order valence-corrected chi connectivity index (χ3v) is 14.7. The summed E-state index contributed by atoms with van der Waals surface area (Å²) in [6, 6.07) is 13.8. The maximum atomic E-state index is 10.7. The smallest absolute Gasteiger partial charge is 0.192 e. The lowest BCUT2D eigenvalue weighted by molar-refractivity contribution is -0.0206. The molecule has 4 heteroatoms. The van der Waals surface area contributed by atoms with Gasteiger partial charge >= 0.3 is 0 Å². The van der Waals surface area contributed by atoms with E-state index in [1.807, 2.05) is 30.3 Å². The molecule has 0 aliphatic heterocycles. The van der Waals surface area contributed by atoms with Gasteiger partial charge < -0.3 is 13.9 Å². The quantitative estimate of drug-likeness (QED) is 0.324. The molecule has 2 aliphatic carbocycles. The maximum absolute atomic E-state index is 10.7. The predicted molar refractivity (Wildman–Crippen MR) is 144 cm³/mol. The molecule has 1 N–H and O–H groups in total. The molecule has 6 atom stereocenters. The molecule has 1 heterocycles. The molecule has 0 spiro atoms. The van der Waals surface area contributed by atoms with E-state index in [-0.39, 0.29) is 0 Å². The van der Waals surface area contributed by atoms with Gasteiger partial charge in [0.1, 0.15) is 17.4 Å². The predicted octanol–water partition coefficient (Wildman–Crippen LogP) is 8.88. The molecule has 2 fully saturated rings. The van der Waals surface area contributed by atoms with Crippen molar-refractivity contribution in [2.75, 3.05) is 0 Å². The minimum absolute atomic E-state index is 0.426. The first-order valence-electron chi connectivity index (χ1n) is 14.2. The highest BCUT2D eigenvalue weighted by Gasteiger charge is 2.53. The summed E-state index contributed by atoms with van der Waals surface area (Å²) >= 11 is 0. The number of aliphatic hydroxyl groups excluding tert-OH is 1. The Hall–Kier alpha value is -1.10. The highest BCUT2D eigenvalue weighted by atomic mass is 28.4. The molecule has 190 valence electrons. The summed E-state index contributed by atoms with van der Waals surface area (Å²) < 4.78 is 13.0. The Morgan fingerprint density at radius 3 is 2.53 bits per heavy atom. The fourth-order valence-electron chi connectivity index (χ4n) is 7.70. The van der Waals surface area contributed by atoms with E-state index in [4.69, 9.17) is 8.84 Å². The molecular formula is C30H48O3Si. The van der Waals surface area contributed by atoms with Crippen LogP contribution in [0, 0.1) is 23.2 Å². The molecule has 4 rings (SSSR count). The van der Waals surface area contributed by atoms with Crippen LogP contribution in [0.15, 0.2) is 34.7 Å². The number of para-hydroxylation sites is 1. The van der Waals surface area contributed by atoms with Crippen LogP contribution in [-0.4, -0.2) is 19.5 Å². The number of hydrogen-bond donors (Lipinski definition) is 1. The second-order valence-corrected chi connectivity index (χ2v) is 16.4. The highest BCUT2D eigenvalue weighted by Crippen LogP contribution is 2.59. The van der Waals surface area contributed by atoms with Gasteiger partial charge in [0.2, 0.25) is 0 Å². The number of rotatable bonds is 11. The molecule has 0 bridgehead atoms. The topological polar surface area (TPSA) is 42.6 Å². The summed E-state index contributed by atoms with van der Waals surface area (Å²) in [7, 11) is -1.56. The Morgan fingerprint density at radius 2 is 1.82 bits per heavy atom. The monoisotopic (exact) mass is 484 g/mol. The highest BCUT2D eigenvalue weighted by molar-refractivity contribution is 6.73. The SMILES string of the molecule is CC[Si](CC)(CC)OC1CCC[C@]2(C)[C@@H]([C@H](C)CCCC(O)c3cc4ccccc4o3)CC[C@@H]12. The Bertz CT molecular complexity index is 877. The van der Waals surface area contributed by atoms with E-state index in [0.29, 0.717) is 23.2 Å². The lowest BCUT2D eigenvalue weighted by Crippen LogP contribution is -2.48. The molecule has 0 amide bonds. The summed E-state index contributed by atoms with van der Waals surface area (Å²) in [4.78, 5) is 0. The van der Waals surface area contributed by atoms with Crippen LogP contribution in [0.1, 0.15) is 97.8 Å². The Labute approximate surface area is 208 Å². The van der Waals surface area contributed by atoms with Gasteiger partial charge in [-0.3, -0.25) is 0 Å². The van der Waals surface area contributed by atoms with E-state index < -0.39 is 14.4 Å². The zero-order valence-electron chi connectivity index (χ0n) is 22.3. The van der Waals surface area contributed by atoms with Gasteiger partial charge in [-0.15, -0.1) is 0 Å². The van der Waals surface area contributed by atoms with Crippen molar-refractivity contribution in [3.63, 3.8) is 0 Å². The maximum Gasteiger partial charge on any atom is 0.192 e. The average molecular weight is 485 g/mol. The van der Waals surface area contributed by atoms with Crippen LogP contribution in [0.25, 0.3) is 11.0 Å². The minimum Gasteiger partial charge on any atom is -0.458 e.